The number of ether oxygens (including phenoxy) is 1. The molecule has 4 rings (SSSR count). The molecule has 34 heavy (non-hydrogen) atoms. The lowest BCUT2D eigenvalue weighted by atomic mass is 10.1. The highest BCUT2D eigenvalue weighted by Gasteiger charge is 2.15. The lowest BCUT2D eigenvalue weighted by Crippen LogP contribution is -2.11. The Morgan fingerprint density at radius 2 is 1.85 bits per heavy atom. The van der Waals surface area contributed by atoms with Crippen LogP contribution in [0.4, 0.5) is 5.69 Å². The Morgan fingerprint density at radius 3 is 2.59 bits per heavy atom. The van der Waals surface area contributed by atoms with E-state index in [1.807, 2.05) is 36.4 Å². The van der Waals surface area contributed by atoms with Gasteiger partial charge in [-0.1, -0.05) is 42.0 Å². The van der Waals surface area contributed by atoms with E-state index in [1.165, 1.54) is 5.56 Å². The predicted octanol–water partition coefficient (Wildman–Crippen LogP) is 5.34. The van der Waals surface area contributed by atoms with Gasteiger partial charge in [0, 0.05) is 22.7 Å². The first-order valence-electron chi connectivity index (χ1n) is 10.6. The first-order chi connectivity index (χ1) is 16.5. The van der Waals surface area contributed by atoms with Crippen LogP contribution in [0, 0.1) is 0 Å². The second kappa shape index (κ2) is 11.0. The second-order valence-electron chi connectivity index (χ2n) is 7.29. The summed E-state index contributed by atoms with van der Waals surface area (Å²) in [6, 6.07) is 14.8. The first-order valence-corrected chi connectivity index (χ1v) is 11.8. The molecule has 4 aromatic rings. The van der Waals surface area contributed by atoms with Crippen LogP contribution in [0.3, 0.4) is 0 Å². The molecule has 174 valence electrons. The number of nitrogens with zero attached hydrogens (tertiary/aromatic N) is 3. The lowest BCUT2D eigenvalue weighted by molar-refractivity contribution is -0.145. The number of hydrogen-bond acceptors (Lipinski definition) is 8. The summed E-state index contributed by atoms with van der Waals surface area (Å²) in [6.07, 6.45) is 2.93. The summed E-state index contributed by atoms with van der Waals surface area (Å²) in [5.74, 6) is 0.243. The minimum absolute atomic E-state index is 0.0589. The number of carbonyl (C=O) groups is 2. The van der Waals surface area contributed by atoms with Crippen LogP contribution >= 0.6 is 22.9 Å². The van der Waals surface area contributed by atoms with Gasteiger partial charge in [-0.25, -0.2) is 4.98 Å². The smallest absolute Gasteiger partial charge is 0.306 e. The van der Waals surface area contributed by atoms with Gasteiger partial charge in [0.05, 0.1) is 12.6 Å². The molecular formula is C24H21ClN4O4S. The van der Waals surface area contributed by atoms with E-state index in [-0.39, 0.29) is 23.9 Å². The van der Waals surface area contributed by atoms with Gasteiger partial charge in [0.2, 0.25) is 5.01 Å². The van der Waals surface area contributed by atoms with Crippen LogP contribution in [0.5, 0.6) is 0 Å². The topological polar surface area (TPSA) is 107 Å². The van der Waals surface area contributed by atoms with Crippen molar-refractivity contribution in [2.45, 2.75) is 32.8 Å². The Hall–Kier alpha value is -3.56. The molecule has 8 nitrogen and oxygen atoms in total. The Labute approximate surface area is 205 Å². The highest BCUT2D eigenvalue weighted by molar-refractivity contribution is 7.13. The maximum Gasteiger partial charge on any atom is 0.306 e. The van der Waals surface area contributed by atoms with Gasteiger partial charge < -0.3 is 14.5 Å². The van der Waals surface area contributed by atoms with Crippen molar-refractivity contribution in [2.24, 2.45) is 0 Å². The highest BCUT2D eigenvalue weighted by Crippen LogP contribution is 2.23. The molecule has 0 saturated heterocycles. The van der Waals surface area contributed by atoms with Gasteiger partial charge in [-0.05, 0) is 48.4 Å². The van der Waals surface area contributed by atoms with Crippen LogP contribution in [0.15, 0.2) is 59.1 Å². The summed E-state index contributed by atoms with van der Waals surface area (Å²) < 4.78 is 10.9. The average molecular weight is 497 g/mol. The summed E-state index contributed by atoms with van der Waals surface area (Å²) in [7, 11) is 0. The van der Waals surface area contributed by atoms with Crippen LogP contribution in [-0.4, -0.2) is 27.1 Å². The minimum atomic E-state index is -0.427. The fourth-order valence-corrected chi connectivity index (χ4v) is 3.78. The SMILES string of the molecule is CCc1ccc(NC(=O)c2nnc(COC(=O)CCc3ncc(-c4ccc(Cl)cc4)o3)s2)cc1. The molecule has 2 heterocycles. The Bertz CT molecular complexity index is 1270. The normalized spacial score (nSPS) is 10.8. The molecule has 0 fully saturated rings. The van der Waals surface area contributed by atoms with Gasteiger partial charge in [0.25, 0.3) is 5.91 Å². The zero-order valence-electron chi connectivity index (χ0n) is 18.3. The van der Waals surface area contributed by atoms with Gasteiger partial charge in [0.15, 0.2) is 16.7 Å². The highest BCUT2D eigenvalue weighted by atomic mass is 35.5. The third-order valence-corrected chi connectivity index (χ3v) is 6.01. The number of rotatable bonds is 9. The summed E-state index contributed by atoms with van der Waals surface area (Å²) in [5.41, 5.74) is 2.71. The van der Waals surface area contributed by atoms with Crippen LogP contribution in [0.1, 0.15) is 39.6 Å². The Morgan fingerprint density at radius 1 is 1.09 bits per heavy atom. The fourth-order valence-electron chi connectivity index (χ4n) is 3.01. The van der Waals surface area contributed by atoms with Crippen LogP contribution in [0.2, 0.25) is 5.02 Å². The molecule has 2 aromatic heterocycles. The maximum absolute atomic E-state index is 12.4. The number of amides is 1. The molecule has 0 saturated carbocycles. The predicted molar refractivity (Wildman–Crippen MR) is 129 cm³/mol. The van der Waals surface area contributed by atoms with E-state index in [4.69, 9.17) is 20.8 Å². The largest absolute Gasteiger partial charge is 0.458 e. The van der Waals surface area contributed by atoms with E-state index in [0.29, 0.717) is 33.8 Å². The van der Waals surface area contributed by atoms with E-state index < -0.39 is 5.97 Å². The molecule has 0 unspecified atom stereocenters. The monoisotopic (exact) mass is 496 g/mol. The van der Waals surface area contributed by atoms with Gasteiger partial charge in [0.1, 0.15) is 6.61 Å². The van der Waals surface area contributed by atoms with E-state index >= 15 is 0 Å². The molecule has 0 aliphatic carbocycles. The average Bonchev–Trinajstić information content (AvgIpc) is 3.52. The Balaban J connectivity index is 1.23. The number of benzene rings is 2. The van der Waals surface area contributed by atoms with E-state index in [9.17, 15) is 9.59 Å². The zero-order valence-corrected chi connectivity index (χ0v) is 19.9. The van der Waals surface area contributed by atoms with Crippen LogP contribution < -0.4 is 5.32 Å². The molecule has 0 radical (unpaired) electrons. The lowest BCUT2D eigenvalue weighted by Gasteiger charge is -2.03. The number of hydrogen-bond donors (Lipinski definition) is 1. The fraction of sp³-hybridized carbons (Fsp3) is 0.208. The van der Waals surface area contributed by atoms with Crippen molar-refractivity contribution in [2.75, 3.05) is 5.32 Å². The standard InChI is InChI=1S/C24H21ClN4O4S/c1-2-15-3-9-18(10-4-15)27-23(31)24-29-28-21(34-24)14-32-22(30)12-11-20-26-13-19(33-20)16-5-7-17(25)8-6-16/h3-10,13H,2,11-12,14H2,1H3,(H,27,31). The number of anilines is 1. The van der Waals surface area contributed by atoms with Crippen molar-refractivity contribution in [3.63, 3.8) is 0 Å². The molecule has 0 aliphatic heterocycles. The summed E-state index contributed by atoms with van der Waals surface area (Å²) in [4.78, 5) is 28.7. The molecule has 1 N–H and O–H groups in total. The zero-order chi connectivity index (χ0) is 23.9. The van der Waals surface area contributed by atoms with Crippen LogP contribution in [-0.2, 0) is 29.0 Å². The summed E-state index contributed by atoms with van der Waals surface area (Å²) in [5, 5.41) is 11.9. The number of halogens is 1. The summed E-state index contributed by atoms with van der Waals surface area (Å²) >= 11 is 6.97. The molecular weight excluding hydrogens is 476 g/mol. The van der Waals surface area contributed by atoms with Gasteiger partial charge in [-0.15, -0.1) is 10.2 Å². The molecule has 0 atom stereocenters. The third kappa shape index (κ3) is 6.27. The molecule has 0 aliphatic rings. The van der Waals surface area contributed by atoms with Gasteiger partial charge in [-0.3, -0.25) is 9.59 Å². The van der Waals surface area contributed by atoms with E-state index in [2.05, 4.69) is 27.4 Å². The number of oxazole rings is 1. The maximum atomic E-state index is 12.4. The van der Waals surface area contributed by atoms with Crippen molar-refractivity contribution in [3.8, 4) is 11.3 Å². The number of nitrogens with one attached hydrogen (secondary N) is 1. The second-order valence-corrected chi connectivity index (χ2v) is 8.79. The Kier molecular flexibility index (Phi) is 7.66. The summed E-state index contributed by atoms with van der Waals surface area (Å²) in [6.45, 7) is 2.01. The minimum Gasteiger partial charge on any atom is -0.458 e. The van der Waals surface area contributed by atoms with E-state index in [0.717, 1.165) is 23.3 Å². The van der Waals surface area contributed by atoms with Gasteiger partial charge >= 0.3 is 5.97 Å². The van der Waals surface area contributed by atoms with Crippen molar-refractivity contribution in [1.82, 2.24) is 15.2 Å². The first kappa shape index (κ1) is 23.6. The van der Waals surface area contributed by atoms with Crippen LogP contribution in [0.25, 0.3) is 11.3 Å². The number of aryl methyl sites for hydroxylation is 2. The van der Waals surface area contributed by atoms with E-state index in [1.54, 1.807) is 18.3 Å². The van der Waals surface area contributed by atoms with Crippen molar-refractivity contribution < 1.29 is 18.7 Å². The molecule has 10 heteroatoms. The van der Waals surface area contributed by atoms with Crippen molar-refractivity contribution in [1.29, 1.82) is 0 Å². The number of esters is 1. The quantitative estimate of drug-likeness (QED) is 0.312. The molecule has 0 bridgehead atoms. The van der Waals surface area contributed by atoms with Crippen molar-refractivity contribution >= 4 is 40.5 Å². The van der Waals surface area contributed by atoms with Gasteiger partial charge in [-0.2, -0.15) is 0 Å². The van der Waals surface area contributed by atoms with Crippen molar-refractivity contribution in [3.05, 3.63) is 81.2 Å². The molecule has 1 amide bonds. The number of carbonyl (C=O) groups excluding carboxylic acids is 2. The number of aromatic nitrogens is 3. The molecule has 0 spiro atoms. The molecule has 2 aromatic carbocycles. The third-order valence-electron chi connectivity index (χ3n) is 4.86.